The molecule has 0 atom stereocenters. The number of ether oxygens (including phenoxy) is 1. The van der Waals surface area contributed by atoms with Crippen LogP contribution in [0.4, 0.5) is 0 Å². The van der Waals surface area contributed by atoms with Gasteiger partial charge in [0.05, 0.1) is 7.11 Å². The summed E-state index contributed by atoms with van der Waals surface area (Å²) in [7, 11) is 1.76. The van der Waals surface area contributed by atoms with Gasteiger partial charge in [-0.15, -0.1) is 11.3 Å². The van der Waals surface area contributed by atoms with Crippen molar-refractivity contribution in [1.29, 1.82) is 0 Å². The molecule has 1 heterocycles. The Morgan fingerprint density at radius 2 is 2.00 bits per heavy atom. The molecule has 0 aliphatic heterocycles. The van der Waals surface area contributed by atoms with Crippen molar-refractivity contribution in [1.82, 2.24) is 0 Å². The first-order valence-corrected chi connectivity index (χ1v) is 5.68. The Balaban J connectivity index is 2.96. The number of rotatable bonds is 4. The van der Waals surface area contributed by atoms with Gasteiger partial charge in [0.25, 0.3) is 0 Å². The summed E-state index contributed by atoms with van der Waals surface area (Å²) < 4.78 is 5.36. The van der Waals surface area contributed by atoms with E-state index in [-0.39, 0.29) is 0 Å². The second-order valence-corrected chi connectivity index (χ2v) is 4.59. The van der Waals surface area contributed by atoms with Gasteiger partial charge in [-0.3, -0.25) is 0 Å². The third-order valence-corrected chi connectivity index (χ3v) is 3.62. The van der Waals surface area contributed by atoms with Crippen LogP contribution in [-0.2, 0) is 0 Å². The zero-order chi connectivity index (χ0) is 9.84. The van der Waals surface area contributed by atoms with Crippen LogP contribution in [0.5, 0.6) is 5.75 Å². The molecule has 1 rings (SSSR count). The molecule has 74 valence electrons. The molecule has 1 aromatic heterocycles. The van der Waals surface area contributed by atoms with Gasteiger partial charge in [-0.1, -0.05) is 13.8 Å². The summed E-state index contributed by atoms with van der Waals surface area (Å²) in [5.74, 6) is 1.75. The lowest BCUT2D eigenvalue weighted by molar-refractivity contribution is 0.407. The zero-order valence-corrected chi connectivity index (χ0v) is 9.70. The first kappa shape index (κ1) is 10.6. The summed E-state index contributed by atoms with van der Waals surface area (Å²) in [6.07, 6.45) is 2.40. The Hall–Kier alpha value is -0.500. The van der Waals surface area contributed by atoms with Crippen LogP contribution >= 0.6 is 11.3 Å². The lowest BCUT2D eigenvalue weighted by Gasteiger charge is -2.11. The molecule has 0 amide bonds. The fraction of sp³-hybridized carbons (Fsp3) is 0.636. The van der Waals surface area contributed by atoms with Crippen LogP contribution in [0.15, 0.2) is 6.07 Å². The molecule has 0 fully saturated rings. The van der Waals surface area contributed by atoms with Crippen molar-refractivity contribution >= 4 is 11.3 Å². The van der Waals surface area contributed by atoms with Crippen LogP contribution in [0.2, 0.25) is 0 Å². The molecule has 13 heavy (non-hydrogen) atoms. The Labute approximate surface area is 84.7 Å². The van der Waals surface area contributed by atoms with E-state index in [1.54, 1.807) is 7.11 Å². The summed E-state index contributed by atoms with van der Waals surface area (Å²) in [5, 5.41) is 0. The van der Waals surface area contributed by atoms with Gasteiger partial charge in [0.1, 0.15) is 5.75 Å². The molecule has 0 saturated carbocycles. The van der Waals surface area contributed by atoms with E-state index in [4.69, 9.17) is 4.74 Å². The summed E-state index contributed by atoms with van der Waals surface area (Å²) >= 11 is 1.87. The standard InChI is InChI=1S/C11H18OS/c1-5-9(6-2)11-10(12-4)7-8(3)13-11/h7,9H,5-6H2,1-4H3. The number of hydrogen-bond acceptors (Lipinski definition) is 2. The third kappa shape index (κ3) is 2.25. The normalized spacial score (nSPS) is 10.8. The quantitative estimate of drug-likeness (QED) is 0.711. The van der Waals surface area contributed by atoms with E-state index >= 15 is 0 Å². The fourth-order valence-electron chi connectivity index (χ4n) is 1.61. The highest BCUT2D eigenvalue weighted by atomic mass is 32.1. The molecule has 0 spiro atoms. The van der Waals surface area contributed by atoms with Crippen LogP contribution in [0.1, 0.15) is 42.4 Å². The van der Waals surface area contributed by atoms with Crippen LogP contribution in [0.25, 0.3) is 0 Å². The monoisotopic (exact) mass is 198 g/mol. The van der Waals surface area contributed by atoms with Crippen molar-refractivity contribution in [3.8, 4) is 5.75 Å². The summed E-state index contributed by atoms with van der Waals surface area (Å²) in [6.45, 7) is 6.62. The molecule has 0 aromatic carbocycles. The first-order chi connectivity index (χ1) is 6.22. The van der Waals surface area contributed by atoms with Gasteiger partial charge < -0.3 is 4.74 Å². The SMILES string of the molecule is CCC(CC)c1sc(C)cc1OC. The maximum atomic E-state index is 5.36. The Kier molecular flexibility index (Phi) is 3.79. The lowest BCUT2D eigenvalue weighted by Crippen LogP contribution is -1.94. The summed E-state index contributed by atoms with van der Waals surface area (Å²) in [4.78, 5) is 2.77. The van der Waals surface area contributed by atoms with E-state index < -0.39 is 0 Å². The number of thiophene rings is 1. The van der Waals surface area contributed by atoms with Gasteiger partial charge in [-0.2, -0.15) is 0 Å². The molecule has 1 nitrogen and oxygen atoms in total. The predicted octanol–water partition coefficient (Wildman–Crippen LogP) is 3.97. The van der Waals surface area contributed by atoms with E-state index in [2.05, 4.69) is 26.8 Å². The molecule has 0 aliphatic carbocycles. The van der Waals surface area contributed by atoms with Crippen LogP contribution in [-0.4, -0.2) is 7.11 Å². The molecule has 0 aliphatic rings. The van der Waals surface area contributed by atoms with Crippen LogP contribution < -0.4 is 4.74 Å². The maximum absolute atomic E-state index is 5.36. The second-order valence-electron chi connectivity index (χ2n) is 3.30. The van der Waals surface area contributed by atoms with Crippen molar-refractivity contribution in [3.05, 3.63) is 15.8 Å². The molecule has 1 aromatic rings. The molecule has 2 heteroatoms. The van der Waals surface area contributed by atoms with Crippen LogP contribution in [0, 0.1) is 6.92 Å². The first-order valence-electron chi connectivity index (χ1n) is 4.87. The molecule has 0 bridgehead atoms. The molecule has 0 N–H and O–H groups in total. The Morgan fingerprint density at radius 3 is 2.46 bits per heavy atom. The number of hydrogen-bond donors (Lipinski definition) is 0. The van der Waals surface area contributed by atoms with Crippen molar-refractivity contribution < 1.29 is 4.74 Å². The Morgan fingerprint density at radius 1 is 1.38 bits per heavy atom. The van der Waals surface area contributed by atoms with Crippen molar-refractivity contribution in [2.24, 2.45) is 0 Å². The fourth-order valence-corrected chi connectivity index (χ4v) is 2.87. The largest absolute Gasteiger partial charge is 0.496 e. The summed E-state index contributed by atoms with van der Waals surface area (Å²) in [5.41, 5.74) is 0. The highest BCUT2D eigenvalue weighted by Crippen LogP contribution is 2.38. The van der Waals surface area contributed by atoms with Gasteiger partial charge in [0.15, 0.2) is 0 Å². The van der Waals surface area contributed by atoms with Crippen molar-refractivity contribution in [2.45, 2.75) is 39.5 Å². The highest BCUT2D eigenvalue weighted by molar-refractivity contribution is 7.12. The van der Waals surface area contributed by atoms with Gasteiger partial charge in [0.2, 0.25) is 0 Å². The maximum Gasteiger partial charge on any atom is 0.133 e. The minimum absolute atomic E-state index is 0.675. The van der Waals surface area contributed by atoms with Gasteiger partial charge >= 0.3 is 0 Å². The molecule has 0 saturated heterocycles. The lowest BCUT2D eigenvalue weighted by atomic mass is 10.0. The third-order valence-electron chi connectivity index (χ3n) is 2.42. The van der Waals surface area contributed by atoms with Crippen LogP contribution in [0.3, 0.4) is 0 Å². The average molecular weight is 198 g/mol. The summed E-state index contributed by atoms with van der Waals surface area (Å²) in [6, 6.07) is 2.14. The van der Waals surface area contributed by atoms with E-state index in [1.165, 1.54) is 22.6 Å². The van der Waals surface area contributed by atoms with E-state index in [1.807, 2.05) is 11.3 Å². The predicted molar refractivity (Wildman–Crippen MR) is 58.9 cm³/mol. The van der Waals surface area contributed by atoms with E-state index in [0.29, 0.717) is 5.92 Å². The molecule has 0 unspecified atom stereocenters. The molecular weight excluding hydrogens is 180 g/mol. The van der Waals surface area contributed by atoms with E-state index in [9.17, 15) is 0 Å². The topological polar surface area (TPSA) is 9.23 Å². The smallest absolute Gasteiger partial charge is 0.133 e. The number of methoxy groups -OCH3 is 1. The molecular formula is C11H18OS. The molecule has 0 radical (unpaired) electrons. The minimum atomic E-state index is 0.675. The van der Waals surface area contributed by atoms with Crippen molar-refractivity contribution in [3.63, 3.8) is 0 Å². The zero-order valence-electron chi connectivity index (χ0n) is 8.89. The number of aryl methyl sites for hydroxylation is 1. The van der Waals surface area contributed by atoms with E-state index in [0.717, 1.165) is 5.75 Å². The highest BCUT2D eigenvalue weighted by Gasteiger charge is 2.15. The average Bonchev–Trinajstić information content (AvgIpc) is 2.49. The second kappa shape index (κ2) is 4.66. The van der Waals surface area contributed by atoms with Crippen molar-refractivity contribution in [2.75, 3.05) is 7.11 Å². The van der Waals surface area contributed by atoms with Gasteiger partial charge in [-0.05, 0) is 31.7 Å². The minimum Gasteiger partial charge on any atom is -0.496 e. The van der Waals surface area contributed by atoms with Gasteiger partial charge in [-0.25, -0.2) is 0 Å². The van der Waals surface area contributed by atoms with Gasteiger partial charge in [0, 0.05) is 9.75 Å². The Bertz CT molecular complexity index is 261.